The van der Waals surface area contributed by atoms with Gasteiger partial charge in [0.25, 0.3) is 5.91 Å². The predicted molar refractivity (Wildman–Crippen MR) is 139 cm³/mol. The van der Waals surface area contributed by atoms with E-state index in [9.17, 15) is 9.18 Å². The third-order valence-corrected chi connectivity index (χ3v) is 6.80. The van der Waals surface area contributed by atoms with Gasteiger partial charge in [0.05, 0.1) is 23.1 Å². The number of carbonyl (C=O) groups is 1. The second-order valence-electron chi connectivity index (χ2n) is 9.47. The van der Waals surface area contributed by atoms with E-state index in [4.69, 9.17) is 0 Å². The van der Waals surface area contributed by atoms with Gasteiger partial charge in [-0.1, -0.05) is 42.0 Å². The first kappa shape index (κ1) is 23.9. The Kier molecular flexibility index (Phi) is 6.91. The van der Waals surface area contributed by atoms with Crippen LogP contribution in [0.5, 0.6) is 0 Å². The molecule has 5 rings (SSSR count). The van der Waals surface area contributed by atoms with E-state index in [0.29, 0.717) is 16.8 Å². The van der Waals surface area contributed by atoms with E-state index < -0.39 is 0 Å². The number of hydrogen-bond donors (Lipinski definition) is 1. The van der Waals surface area contributed by atoms with Crippen molar-refractivity contribution in [1.29, 1.82) is 0 Å². The maximum Gasteiger partial charge on any atom is 0.253 e. The number of hydrogen-bond acceptors (Lipinski definition) is 4. The summed E-state index contributed by atoms with van der Waals surface area (Å²) in [5.74, 6) is -0.432. The zero-order valence-corrected chi connectivity index (χ0v) is 20.6. The van der Waals surface area contributed by atoms with Crippen molar-refractivity contribution in [3.05, 3.63) is 95.6 Å². The number of amides is 1. The molecule has 0 bridgehead atoms. The molecule has 2 aromatic carbocycles. The van der Waals surface area contributed by atoms with Gasteiger partial charge in [-0.15, -0.1) is 0 Å². The van der Waals surface area contributed by atoms with Gasteiger partial charge < -0.3 is 5.32 Å². The van der Waals surface area contributed by atoms with Crippen molar-refractivity contribution in [2.75, 3.05) is 13.1 Å². The summed E-state index contributed by atoms with van der Waals surface area (Å²) in [6, 6.07) is 18.5. The minimum absolute atomic E-state index is 0.124. The summed E-state index contributed by atoms with van der Waals surface area (Å²) in [4.78, 5) is 19.6. The van der Waals surface area contributed by atoms with Crippen LogP contribution in [0.1, 0.15) is 34.3 Å². The summed E-state index contributed by atoms with van der Waals surface area (Å²) in [6.07, 6.45) is 5.30. The zero-order chi connectivity index (χ0) is 25.1. The Morgan fingerprint density at radius 1 is 1.03 bits per heavy atom. The van der Waals surface area contributed by atoms with Gasteiger partial charge in [-0.25, -0.2) is 4.39 Å². The lowest BCUT2D eigenvalue weighted by molar-refractivity contribution is 0.0908. The number of rotatable bonds is 6. The van der Waals surface area contributed by atoms with Crippen molar-refractivity contribution >= 4 is 5.91 Å². The van der Waals surface area contributed by atoms with Crippen LogP contribution in [0.25, 0.3) is 22.5 Å². The van der Waals surface area contributed by atoms with Crippen LogP contribution in [-0.4, -0.2) is 44.7 Å². The fourth-order valence-corrected chi connectivity index (χ4v) is 4.77. The van der Waals surface area contributed by atoms with E-state index in [0.717, 1.165) is 38.2 Å². The lowest BCUT2D eigenvalue weighted by Gasteiger charge is -2.32. The largest absolute Gasteiger partial charge is 0.349 e. The van der Waals surface area contributed by atoms with Crippen molar-refractivity contribution in [3.8, 4) is 22.5 Å². The average Bonchev–Trinajstić information content (AvgIpc) is 3.25. The first-order valence-electron chi connectivity index (χ1n) is 12.3. The molecule has 1 N–H and O–H groups in total. The molecule has 0 unspecified atom stereocenters. The Hall–Kier alpha value is -3.84. The molecule has 1 saturated heterocycles. The number of likely N-dealkylation sites (tertiary alicyclic amines) is 1. The molecule has 1 aliphatic rings. The minimum Gasteiger partial charge on any atom is -0.349 e. The zero-order valence-electron chi connectivity index (χ0n) is 20.6. The molecule has 2 aromatic heterocycles. The Labute approximate surface area is 210 Å². The van der Waals surface area contributed by atoms with Gasteiger partial charge >= 0.3 is 0 Å². The van der Waals surface area contributed by atoms with E-state index in [2.05, 4.69) is 51.5 Å². The molecule has 1 fully saturated rings. The van der Waals surface area contributed by atoms with Crippen molar-refractivity contribution < 1.29 is 9.18 Å². The summed E-state index contributed by atoms with van der Waals surface area (Å²) < 4.78 is 15.4. The van der Waals surface area contributed by atoms with Crippen LogP contribution in [0.3, 0.4) is 0 Å². The highest BCUT2D eigenvalue weighted by Gasteiger charge is 2.23. The number of nitrogens with zero attached hydrogens (tertiary/aromatic N) is 4. The lowest BCUT2D eigenvalue weighted by Crippen LogP contribution is -2.44. The van der Waals surface area contributed by atoms with Gasteiger partial charge in [-0.3, -0.25) is 19.4 Å². The van der Waals surface area contributed by atoms with Crippen LogP contribution >= 0.6 is 0 Å². The van der Waals surface area contributed by atoms with Gasteiger partial charge in [0.2, 0.25) is 0 Å². The van der Waals surface area contributed by atoms with Crippen LogP contribution in [-0.2, 0) is 13.6 Å². The van der Waals surface area contributed by atoms with Gasteiger partial charge in [0, 0.05) is 55.6 Å². The molecule has 4 aromatic rings. The van der Waals surface area contributed by atoms with Gasteiger partial charge in [0.1, 0.15) is 5.82 Å². The maximum absolute atomic E-state index is 13.5. The van der Waals surface area contributed by atoms with Crippen LogP contribution in [0.2, 0.25) is 0 Å². The molecule has 0 atom stereocenters. The van der Waals surface area contributed by atoms with Gasteiger partial charge in [-0.05, 0) is 44.0 Å². The fraction of sp³-hybridized carbons (Fsp3) is 0.276. The van der Waals surface area contributed by atoms with E-state index in [-0.39, 0.29) is 17.8 Å². The molecule has 0 radical (unpaired) electrons. The molecule has 184 valence electrons. The Balaban J connectivity index is 1.16. The Morgan fingerprint density at radius 2 is 1.81 bits per heavy atom. The SMILES string of the molecule is Cc1ccc(-c2c(CN3CCC(NC(=O)c4ccc(-c5cccc(F)c5)nc4)CC3)cnn2C)cc1. The Bertz CT molecular complexity index is 1340. The second kappa shape index (κ2) is 10.4. The van der Waals surface area contributed by atoms with Crippen molar-refractivity contribution in [1.82, 2.24) is 25.0 Å². The van der Waals surface area contributed by atoms with Crippen molar-refractivity contribution in [2.45, 2.75) is 32.4 Å². The number of pyridine rings is 1. The summed E-state index contributed by atoms with van der Waals surface area (Å²) in [5, 5.41) is 7.66. The topological polar surface area (TPSA) is 63.1 Å². The maximum atomic E-state index is 13.5. The average molecular weight is 484 g/mol. The molecule has 6 nitrogen and oxygen atoms in total. The number of nitrogens with one attached hydrogen (secondary N) is 1. The number of benzene rings is 2. The number of piperidine rings is 1. The fourth-order valence-electron chi connectivity index (χ4n) is 4.77. The molecule has 1 amide bonds. The van der Waals surface area contributed by atoms with Crippen LogP contribution in [0, 0.1) is 12.7 Å². The highest BCUT2D eigenvalue weighted by atomic mass is 19.1. The first-order chi connectivity index (χ1) is 17.5. The standard InChI is InChI=1S/C29H30FN5O/c1-20-6-8-21(9-7-20)28-24(18-32-34(28)2)19-35-14-12-26(13-15-35)33-29(36)23-10-11-27(31-17-23)22-4-3-5-25(30)16-22/h3-11,16-18,26H,12-15,19H2,1-2H3,(H,33,36). The van der Waals surface area contributed by atoms with Crippen LogP contribution in [0.15, 0.2) is 73.1 Å². The number of aryl methyl sites for hydroxylation is 2. The molecular weight excluding hydrogens is 453 g/mol. The lowest BCUT2D eigenvalue weighted by atomic mass is 10.0. The molecular formula is C29H30FN5O. The highest BCUT2D eigenvalue weighted by Crippen LogP contribution is 2.26. The normalized spacial score (nSPS) is 14.6. The quantitative estimate of drug-likeness (QED) is 0.420. The summed E-state index contributed by atoms with van der Waals surface area (Å²) in [5.41, 5.74) is 6.62. The van der Waals surface area contributed by atoms with Crippen molar-refractivity contribution in [2.24, 2.45) is 7.05 Å². The van der Waals surface area contributed by atoms with Crippen LogP contribution < -0.4 is 5.32 Å². The number of aromatic nitrogens is 3. The summed E-state index contributed by atoms with van der Waals surface area (Å²) in [6.45, 7) is 4.74. The van der Waals surface area contributed by atoms with E-state index in [1.165, 1.54) is 28.8 Å². The predicted octanol–water partition coefficient (Wildman–Crippen LogP) is 4.99. The third-order valence-electron chi connectivity index (χ3n) is 6.80. The molecule has 7 heteroatoms. The highest BCUT2D eigenvalue weighted by molar-refractivity contribution is 5.94. The monoisotopic (exact) mass is 483 g/mol. The third kappa shape index (κ3) is 5.36. The first-order valence-corrected chi connectivity index (χ1v) is 12.3. The van der Waals surface area contributed by atoms with Gasteiger partial charge in [0.15, 0.2) is 0 Å². The molecule has 0 aliphatic carbocycles. The van der Waals surface area contributed by atoms with E-state index in [1.54, 1.807) is 30.5 Å². The second-order valence-corrected chi connectivity index (χ2v) is 9.47. The number of carbonyl (C=O) groups excluding carboxylic acids is 1. The van der Waals surface area contributed by atoms with E-state index in [1.807, 2.05) is 17.9 Å². The Morgan fingerprint density at radius 3 is 2.50 bits per heavy atom. The molecule has 3 heterocycles. The molecule has 0 spiro atoms. The van der Waals surface area contributed by atoms with Crippen molar-refractivity contribution in [3.63, 3.8) is 0 Å². The van der Waals surface area contributed by atoms with Gasteiger partial charge in [-0.2, -0.15) is 5.10 Å². The smallest absolute Gasteiger partial charge is 0.253 e. The van der Waals surface area contributed by atoms with Crippen LogP contribution in [0.4, 0.5) is 4.39 Å². The molecule has 1 aliphatic heterocycles. The molecule has 0 saturated carbocycles. The number of halogens is 1. The minimum atomic E-state index is -0.308. The summed E-state index contributed by atoms with van der Waals surface area (Å²) >= 11 is 0. The molecule has 36 heavy (non-hydrogen) atoms. The summed E-state index contributed by atoms with van der Waals surface area (Å²) in [7, 11) is 1.99. The van der Waals surface area contributed by atoms with E-state index >= 15 is 0 Å².